The summed E-state index contributed by atoms with van der Waals surface area (Å²) < 4.78 is 50.9. The number of ether oxygens (including phenoxy) is 1. The highest BCUT2D eigenvalue weighted by atomic mass is 32.2. The highest BCUT2D eigenvalue weighted by molar-refractivity contribution is 7.86. The number of halogens is 1. The molecule has 6 rings (SSSR count). The lowest BCUT2D eigenvalue weighted by atomic mass is 9.72. The molecule has 4 saturated heterocycles. The van der Waals surface area contributed by atoms with Crippen molar-refractivity contribution in [2.45, 2.75) is 77.9 Å². The van der Waals surface area contributed by atoms with Gasteiger partial charge in [-0.05, 0) is 95.4 Å². The lowest BCUT2D eigenvalue weighted by Crippen LogP contribution is -2.62. The van der Waals surface area contributed by atoms with Gasteiger partial charge in [-0.25, -0.2) is 14.4 Å². The van der Waals surface area contributed by atoms with Crippen LogP contribution in [-0.4, -0.2) is 126 Å². The van der Waals surface area contributed by atoms with E-state index in [2.05, 4.69) is 31.7 Å². The van der Waals surface area contributed by atoms with Gasteiger partial charge in [0, 0.05) is 77.0 Å². The Morgan fingerprint density at radius 3 is 2.48 bits per heavy atom. The average Bonchev–Trinajstić information content (AvgIpc) is 3.57. The van der Waals surface area contributed by atoms with E-state index in [1.165, 1.54) is 34.9 Å². The molecule has 1 aromatic heterocycles. The van der Waals surface area contributed by atoms with E-state index in [4.69, 9.17) is 4.74 Å². The zero-order valence-corrected chi connectivity index (χ0v) is 31.7. The van der Waals surface area contributed by atoms with Crippen LogP contribution in [0.4, 0.5) is 10.2 Å². The Bertz CT molecular complexity index is 1720. The minimum atomic E-state index is -3.59. The number of nitrogens with one attached hydrogen (secondary N) is 1. The molecular weight excluding hydrogens is 688 g/mol. The number of nitrogens with zero attached hydrogens (tertiary/aromatic N) is 7. The second-order valence-corrected chi connectivity index (χ2v) is 17.4. The van der Waals surface area contributed by atoms with Gasteiger partial charge in [-0.3, -0.25) is 9.59 Å². The Hall–Kier alpha value is -3.66. The van der Waals surface area contributed by atoms with E-state index in [0.29, 0.717) is 50.1 Å². The van der Waals surface area contributed by atoms with Crippen molar-refractivity contribution >= 4 is 27.8 Å². The number of amides is 2. The predicted octanol–water partition coefficient (Wildman–Crippen LogP) is 3.90. The summed E-state index contributed by atoms with van der Waals surface area (Å²) in [6.45, 7) is 17.5. The summed E-state index contributed by atoms with van der Waals surface area (Å²) in [7, 11) is -3.59. The Labute approximate surface area is 307 Å². The first kappa shape index (κ1) is 38.1. The summed E-state index contributed by atoms with van der Waals surface area (Å²) in [5.74, 6) is 0.639. The van der Waals surface area contributed by atoms with Crippen molar-refractivity contribution in [3.05, 3.63) is 54.8 Å². The van der Waals surface area contributed by atoms with E-state index >= 15 is 0 Å². The number of carbonyl (C=O) groups is 2. The largest absolute Gasteiger partial charge is 0.451 e. The Balaban J connectivity index is 1.02. The van der Waals surface area contributed by atoms with Gasteiger partial charge < -0.3 is 24.8 Å². The molecule has 0 saturated carbocycles. The van der Waals surface area contributed by atoms with Crippen molar-refractivity contribution in [3.63, 3.8) is 0 Å². The molecule has 284 valence electrons. The third-order valence-corrected chi connectivity index (χ3v) is 13.0. The van der Waals surface area contributed by atoms with Crippen molar-refractivity contribution in [2.75, 3.05) is 63.8 Å². The van der Waals surface area contributed by atoms with Gasteiger partial charge >= 0.3 is 0 Å². The fourth-order valence-corrected chi connectivity index (χ4v) is 10.2. The standard InChI is InChI=1S/C37H53FN8O5S/c1-6-34(47)41-30-8-7-14-45(22-30)52(49,50)44-16-12-37(13-17-44)23-42(24-37)20-28-11-15-43(21-28)35-33(19-39-25-40-35)51-32-10-9-29(38)18-31(32)36(48)46(26(2)3)27(4)5/h6,9-10,18-19,25-28,30H,1,7-8,11-17,20-24H2,2-5H3,(H,41,47)/t28-,30+/m0/s1. The van der Waals surface area contributed by atoms with Gasteiger partial charge in [0.15, 0.2) is 11.6 Å². The van der Waals surface area contributed by atoms with Crippen LogP contribution in [0.2, 0.25) is 0 Å². The number of hydrogen-bond donors (Lipinski definition) is 1. The quantitative estimate of drug-likeness (QED) is 0.322. The molecule has 2 aromatic rings. The molecule has 1 spiro atoms. The van der Waals surface area contributed by atoms with Crippen LogP contribution in [0.3, 0.4) is 0 Å². The number of hydrogen-bond acceptors (Lipinski definition) is 9. The second kappa shape index (κ2) is 15.7. The van der Waals surface area contributed by atoms with Gasteiger partial charge in [0.05, 0.1) is 11.8 Å². The highest BCUT2D eigenvalue weighted by Gasteiger charge is 2.48. The summed E-state index contributed by atoms with van der Waals surface area (Å²) in [4.78, 5) is 40.5. The van der Waals surface area contributed by atoms with Gasteiger partial charge in [0.1, 0.15) is 17.9 Å². The second-order valence-electron chi connectivity index (χ2n) is 15.4. The van der Waals surface area contributed by atoms with E-state index in [1.54, 1.807) is 15.4 Å². The summed E-state index contributed by atoms with van der Waals surface area (Å²) in [5, 5.41) is 2.85. The first-order valence-electron chi connectivity index (χ1n) is 18.5. The maximum atomic E-state index is 14.4. The monoisotopic (exact) mass is 740 g/mol. The predicted molar refractivity (Wildman–Crippen MR) is 197 cm³/mol. The molecule has 15 heteroatoms. The van der Waals surface area contributed by atoms with Gasteiger partial charge in [-0.15, -0.1) is 0 Å². The minimum absolute atomic E-state index is 0.0794. The molecule has 0 bridgehead atoms. The molecule has 52 heavy (non-hydrogen) atoms. The number of likely N-dealkylation sites (tertiary alicyclic amines) is 1. The molecule has 0 radical (unpaired) electrons. The van der Waals surface area contributed by atoms with Crippen molar-refractivity contribution in [3.8, 4) is 11.5 Å². The Morgan fingerprint density at radius 2 is 1.79 bits per heavy atom. The summed E-state index contributed by atoms with van der Waals surface area (Å²) in [6.07, 6.45) is 8.43. The van der Waals surface area contributed by atoms with E-state index in [-0.39, 0.29) is 46.7 Å². The van der Waals surface area contributed by atoms with Crippen LogP contribution in [0.5, 0.6) is 11.5 Å². The Morgan fingerprint density at radius 1 is 1.06 bits per heavy atom. The van der Waals surface area contributed by atoms with Crippen LogP contribution < -0.4 is 15.0 Å². The number of carbonyl (C=O) groups excluding carboxylic acids is 2. The molecule has 5 heterocycles. The minimum Gasteiger partial charge on any atom is -0.451 e. The van der Waals surface area contributed by atoms with Crippen LogP contribution in [0.25, 0.3) is 0 Å². The van der Waals surface area contributed by atoms with Crippen LogP contribution in [0, 0.1) is 17.2 Å². The zero-order chi connectivity index (χ0) is 37.2. The molecule has 1 N–H and O–H groups in total. The first-order chi connectivity index (χ1) is 24.8. The third-order valence-electron chi connectivity index (χ3n) is 11.0. The number of benzene rings is 1. The van der Waals surface area contributed by atoms with Gasteiger partial charge in [-0.1, -0.05) is 6.58 Å². The van der Waals surface area contributed by atoms with Crippen molar-refractivity contribution in [2.24, 2.45) is 11.3 Å². The molecule has 1 aromatic carbocycles. The van der Waals surface area contributed by atoms with Crippen LogP contribution in [-0.2, 0) is 15.0 Å². The lowest BCUT2D eigenvalue weighted by Gasteiger charge is -2.54. The number of aromatic nitrogens is 2. The van der Waals surface area contributed by atoms with Gasteiger partial charge in [0.2, 0.25) is 5.91 Å². The molecule has 4 fully saturated rings. The normalized spacial score (nSPS) is 22.8. The van der Waals surface area contributed by atoms with E-state index in [0.717, 1.165) is 58.4 Å². The van der Waals surface area contributed by atoms with E-state index in [9.17, 15) is 22.4 Å². The van der Waals surface area contributed by atoms with Crippen LogP contribution >= 0.6 is 0 Å². The third kappa shape index (κ3) is 8.27. The molecule has 0 unspecified atom stereocenters. The summed E-state index contributed by atoms with van der Waals surface area (Å²) >= 11 is 0. The van der Waals surface area contributed by atoms with Crippen LogP contribution in [0.15, 0.2) is 43.4 Å². The molecular formula is C37H53FN8O5S. The average molecular weight is 741 g/mol. The topological polar surface area (TPSA) is 132 Å². The fourth-order valence-electron chi connectivity index (χ4n) is 8.47. The van der Waals surface area contributed by atoms with Crippen LogP contribution in [0.1, 0.15) is 70.2 Å². The molecule has 2 atom stereocenters. The lowest BCUT2D eigenvalue weighted by molar-refractivity contribution is -0.117. The maximum Gasteiger partial charge on any atom is 0.282 e. The summed E-state index contributed by atoms with van der Waals surface area (Å²) in [6, 6.07) is 3.64. The summed E-state index contributed by atoms with van der Waals surface area (Å²) in [5.41, 5.74) is 0.298. The van der Waals surface area contributed by atoms with Crippen molar-refractivity contribution < 1.29 is 27.1 Å². The highest BCUT2D eigenvalue weighted by Crippen LogP contribution is 2.42. The molecule has 0 aliphatic carbocycles. The number of rotatable bonds is 12. The molecule has 2 amide bonds. The first-order valence-corrected chi connectivity index (χ1v) is 19.9. The number of anilines is 1. The fraction of sp³-hybridized carbons (Fsp3) is 0.622. The zero-order valence-electron chi connectivity index (χ0n) is 30.8. The molecule has 13 nitrogen and oxygen atoms in total. The smallest absolute Gasteiger partial charge is 0.282 e. The Kier molecular flexibility index (Phi) is 11.5. The van der Waals surface area contributed by atoms with Crippen molar-refractivity contribution in [1.29, 1.82) is 0 Å². The molecule has 4 aliphatic rings. The SMILES string of the molecule is C=CC(=O)N[C@@H]1CCCN(S(=O)(=O)N2CCC3(CC2)CN(C[C@@H]2CCN(c4ncncc4Oc4ccc(F)cc4C(=O)N(C(C)C)C(C)C)C2)C3)C1. The maximum absolute atomic E-state index is 14.4. The van der Waals surface area contributed by atoms with Gasteiger partial charge in [0.25, 0.3) is 16.1 Å². The van der Waals surface area contributed by atoms with E-state index < -0.39 is 16.0 Å². The van der Waals surface area contributed by atoms with E-state index in [1.807, 2.05) is 27.7 Å². The number of piperidine rings is 2. The molecule has 4 aliphatic heterocycles. The van der Waals surface area contributed by atoms with Gasteiger partial charge in [-0.2, -0.15) is 17.0 Å². The van der Waals surface area contributed by atoms with Crippen molar-refractivity contribution in [1.82, 2.24) is 33.7 Å².